The number of benzene rings is 3. The summed E-state index contributed by atoms with van der Waals surface area (Å²) in [7, 11) is -3.55. The van der Waals surface area contributed by atoms with Gasteiger partial charge in [0.25, 0.3) is 0 Å². The van der Waals surface area contributed by atoms with Crippen LogP contribution in [0.1, 0.15) is 18.4 Å². The zero-order valence-electron chi connectivity index (χ0n) is 18.3. The van der Waals surface area contributed by atoms with Crippen LogP contribution in [0, 0.1) is 5.92 Å². The highest BCUT2D eigenvalue weighted by molar-refractivity contribution is 7.99. The van der Waals surface area contributed by atoms with E-state index in [-0.39, 0.29) is 17.6 Å². The first kappa shape index (κ1) is 25.1. The van der Waals surface area contributed by atoms with E-state index in [2.05, 4.69) is 5.32 Å². The lowest BCUT2D eigenvalue weighted by Gasteiger charge is -2.30. The normalized spacial score (nSPS) is 15.2. The summed E-state index contributed by atoms with van der Waals surface area (Å²) in [6.07, 6.45) is 0.931. The standard InChI is InChI=1S/C25H24Cl2N2O3S2/c26-20-11-10-19(22(27)16-20)17-34(31,32)29-14-12-18(13-15-29)25(30)28-23-8-4-5-9-24(23)33-21-6-2-1-3-7-21/h1-11,16,18H,12-15,17H2,(H,28,30). The highest BCUT2D eigenvalue weighted by atomic mass is 35.5. The molecule has 0 radical (unpaired) electrons. The zero-order valence-corrected chi connectivity index (χ0v) is 21.4. The lowest BCUT2D eigenvalue weighted by atomic mass is 9.97. The first-order valence-corrected chi connectivity index (χ1v) is 14.0. The lowest BCUT2D eigenvalue weighted by molar-refractivity contribution is -0.120. The van der Waals surface area contributed by atoms with Crippen molar-refractivity contribution in [3.8, 4) is 0 Å². The first-order valence-electron chi connectivity index (χ1n) is 10.9. The molecule has 3 aromatic rings. The maximum Gasteiger partial charge on any atom is 0.227 e. The molecule has 178 valence electrons. The molecular weight excluding hydrogens is 511 g/mol. The minimum Gasteiger partial charge on any atom is -0.325 e. The van der Waals surface area contributed by atoms with Crippen LogP contribution in [0.15, 0.2) is 82.6 Å². The second-order valence-corrected chi connectivity index (χ2v) is 12.0. The van der Waals surface area contributed by atoms with Crippen molar-refractivity contribution < 1.29 is 13.2 Å². The van der Waals surface area contributed by atoms with Crippen molar-refractivity contribution in [1.29, 1.82) is 0 Å². The second-order valence-electron chi connectivity index (χ2n) is 8.07. The van der Waals surface area contributed by atoms with E-state index in [4.69, 9.17) is 23.2 Å². The van der Waals surface area contributed by atoms with Crippen molar-refractivity contribution in [2.24, 2.45) is 5.92 Å². The predicted molar refractivity (Wildman–Crippen MR) is 139 cm³/mol. The number of nitrogens with zero attached hydrogens (tertiary/aromatic N) is 1. The van der Waals surface area contributed by atoms with Crippen LogP contribution in [-0.4, -0.2) is 31.7 Å². The van der Waals surface area contributed by atoms with Gasteiger partial charge in [-0.2, -0.15) is 0 Å². The number of para-hydroxylation sites is 1. The monoisotopic (exact) mass is 534 g/mol. The Balaban J connectivity index is 1.36. The molecule has 0 saturated carbocycles. The van der Waals surface area contributed by atoms with E-state index in [1.165, 1.54) is 4.31 Å². The lowest BCUT2D eigenvalue weighted by Crippen LogP contribution is -2.41. The molecule has 0 spiro atoms. The van der Waals surface area contributed by atoms with Gasteiger partial charge in [0.15, 0.2) is 0 Å². The summed E-state index contributed by atoms with van der Waals surface area (Å²) in [5.41, 5.74) is 1.27. The van der Waals surface area contributed by atoms with Gasteiger partial charge in [0.1, 0.15) is 0 Å². The highest BCUT2D eigenvalue weighted by Crippen LogP contribution is 2.34. The van der Waals surface area contributed by atoms with E-state index in [1.54, 1.807) is 30.0 Å². The van der Waals surface area contributed by atoms with Crippen LogP contribution in [0.4, 0.5) is 5.69 Å². The molecule has 4 rings (SSSR count). The molecule has 0 unspecified atom stereocenters. The van der Waals surface area contributed by atoms with E-state index < -0.39 is 10.0 Å². The Hall–Kier alpha value is -2.03. The number of hydrogen-bond acceptors (Lipinski definition) is 4. The van der Waals surface area contributed by atoms with Crippen molar-refractivity contribution in [1.82, 2.24) is 4.31 Å². The van der Waals surface area contributed by atoms with Gasteiger partial charge in [0.2, 0.25) is 15.9 Å². The molecule has 0 aromatic heterocycles. The van der Waals surface area contributed by atoms with Gasteiger partial charge in [-0.1, -0.05) is 71.4 Å². The number of nitrogens with one attached hydrogen (secondary N) is 1. The minimum absolute atomic E-state index is 0.0843. The Kier molecular flexibility index (Phi) is 8.22. The summed E-state index contributed by atoms with van der Waals surface area (Å²) >= 11 is 13.7. The SMILES string of the molecule is O=C(Nc1ccccc1Sc1ccccc1)C1CCN(S(=O)(=O)Cc2ccc(Cl)cc2Cl)CC1. The number of anilines is 1. The zero-order chi connectivity index (χ0) is 24.1. The van der Waals surface area contributed by atoms with Crippen LogP contribution < -0.4 is 5.32 Å². The Morgan fingerprint density at radius 1 is 0.971 bits per heavy atom. The highest BCUT2D eigenvalue weighted by Gasteiger charge is 2.31. The van der Waals surface area contributed by atoms with Crippen LogP contribution in [-0.2, 0) is 20.6 Å². The topological polar surface area (TPSA) is 66.5 Å². The van der Waals surface area contributed by atoms with Crippen LogP contribution in [0.3, 0.4) is 0 Å². The Morgan fingerprint density at radius 3 is 2.35 bits per heavy atom. The van der Waals surface area contributed by atoms with Gasteiger partial charge < -0.3 is 5.32 Å². The summed E-state index contributed by atoms with van der Waals surface area (Å²) < 4.78 is 27.3. The molecule has 1 fully saturated rings. The van der Waals surface area contributed by atoms with Crippen molar-refractivity contribution in [2.45, 2.75) is 28.4 Å². The molecule has 9 heteroatoms. The largest absolute Gasteiger partial charge is 0.325 e. The second kappa shape index (κ2) is 11.1. The van der Waals surface area contributed by atoms with E-state index in [1.807, 2.05) is 54.6 Å². The van der Waals surface area contributed by atoms with Crippen molar-refractivity contribution >= 4 is 56.6 Å². The molecule has 1 heterocycles. The molecule has 1 aliphatic heterocycles. The number of sulfonamides is 1. The summed E-state index contributed by atoms with van der Waals surface area (Å²) in [6.45, 7) is 0.595. The fraction of sp³-hybridized carbons (Fsp3) is 0.240. The van der Waals surface area contributed by atoms with Crippen LogP contribution in [0.25, 0.3) is 0 Å². The third-order valence-electron chi connectivity index (χ3n) is 5.69. The van der Waals surface area contributed by atoms with Crippen molar-refractivity contribution in [2.75, 3.05) is 18.4 Å². The number of hydrogen-bond donors (Lipinski definition) is 1. The van der Waals surface area contributed by atoms with E-state index in [9.17, 15) is 13.2 Å². The molecule has 0 atom stereocenters. The van der Waals surface area contributed by atoms with Gasteiger partial charge in [0, 0.05) is 38.8 Å². The van der Waals surface area contributed by atoms with E-state index in [0.717, 1.165) is 15.5 Å². The number of carbonyl (C=O) groups is 1. The van der Waals surface area contributed by atoms with Crippen LogP contribution in [0.2, 0.25) is 10.0 Å². The Bertz CT molecular complexity index is 1260. The van der Waals surface area contributed by atoms with Crippen molar-refractivity contribution in [3.63, 3.8) is 0 Å². The fourth-order valence-corrected chi connectivity index (χ4v) is 6.90. The number of piperidine rings is 1. The average Bonchev–Trinajstić information content (AvgIpc) is 2.83. The number of amides is 1. The number of halogens is 2. The third-order valence-corrected chi connectivity index (χ3v) is 9.19. The molecule has 0 aliphatic carbocycles. The van der Waals surface area contributed by atoms with E-state index in [0.29, 0.717) is 41.5 Å². The van der Waals surface area contributed by atoms with Crippen molar-refractivity contribution in [3.05, 3.63) is 88.4 Å². The molecule has 3 aromatic carbocycles. The molecule has 34 heavy (non-hydrogen) atoms. The minimum atomic E-state index is -3.55. The average molecular weight is 536 g/mol. The molecular formula is C25H24Cl2N2O3S2. The van der Waals surface area contributed by atoms with Crippen LogP contribution >= 0.6 is 35.0 Å². The van der Waals surface area contributed by atoms with Gasteiger partial charge in [-0.05, 0) is 54.8 Å². The smallest absolute Gasteiger partial charge is 0.227 e. The Labute approximate surface area is 214 Å². The fourth-order valence-electron chi connectivity index (χ4n) is 3.83. The summed E-state index contributed by atoms with van der Waals surface area (Å²) in [4.78, 5) is 15.0. The predicted octanol–water partition coefficient (Wildman–Crippen LogP) is 6.33. The summed E-state index contributed by atoms with van der Waals surface area (Å²) in [6, 6.07) is 22.5. The van der Waals surface area contributed by atoms with Gasteiger partial charge >= 0.3 is 0 Å². The molecule has 5 nitrogen and oxygen atoms in total. The van der Waals surface area contributed by atoms with E-state index >= 15 is 0 Å². The van der Waals surface area contributed by atoms with Gasteiger partial charge in [-0.3, -0.25) is 4.79 Å². The molecule has 0 bridgehead atoms. The summed E-state index contributed by atoms with van der Waals surface area (Å²) in [5.74, 6) is -0.525. The van der Waals surface area contributed by atoms with Gasteiger partial charge in [-0.15, -0.1) is 0 Å². The summed E-state index contributed by atoms with van der Waals surface area (Å²) in [5, 5.41) is 3.84. The maximum atomic E-state index is 13.0. The number of rotatable bonds is 7. The molecule has 1 aliphatic rings. The molecule has 1 saturated heterocycles. The van der Waals surface area contributed by atoms with Crippen LogP contribution in [0.5, 0.6) is 0 Å². The molecule has 1 N–H and O–H groups in total. The first-order chi connectivity index (χ1) is 16.3. The molecule has 1 amide bonds. The number of carbonyl (C=O) groups excluding carboxylic acids is 1. The van der Waals surface area contributed by atoms with Gasteiger partial charge in [-0.25, -0.2) is 12.7 Å². The quantitative estimate of drug-likeness (QED) is 0.384. The Morgan fingerprint density at radius 2 is 1.65 bits per heavy atom. The maximum absolute atomic E-state index is 13.0. The third kappa shape index (κ3) is 6.34. The van der Waals surface area contributed by atoms with Gasteiger partial charge in [0.05, 0.1) is 11.4 Å².